The van der Waals surface area contributed by atoms with Gasteiger partial charge in [-0.15, -0.1) is 0 Å². The Morgan fingerprint density at radius 1 is 1.29 bits per heavy atom. The Kier molecular flexibility index (Phi) is 8.83. The summed E-state index contributed by atoms with van der Waals surface area (Å²) in [4.78, 5) is 22.4. The van der Waals surface area contributed by atoms with Gasteiger partial charge in [-0.3, -0.25) is 4.79 Å². The highest BCUT2D eigenvalue weighted by Gasteiger charge is 2.22. The van der Waals surface area contributed by atoms with Gasteiger partial charge in [0.25, 0.3) is 0 Å². The van der Waals surface area contributed by atoms with Gasteiger partial charge in [0.15, 0.2) is 0 Å². The molecule has 0 rings (SSSR count). The molecule has 0 bridgehead atoms. The third kappa shape index (κ3) is 7.19. The predicted molar refractivity (Wildman–Crippen MR) is 68.9 cm³/mol. The lowest BCUT2D eigenvalue weighted by Crippen LogP contribution is -2.48. The summed E-state index contributed by atoms with van der Waals surface area (Å²) in [6, 6.07) is -1.59. The first-order valence-corrected chi connectivity index (χ1v) is 6.25. The summed E-state index contributed by atoms with van der Waals surface area (Å²) in [6.45, 7) is 0.561. The van der Waals surface area contributed by atoms with Gasteiger partial charge in [-0.2, -0.15) is 12.6 Å². The highest BCUT2D eigenvalue weighted by molar-refractivity contribution is 7.80. The molecular weight excluding hydrogens is 242 g/mol. The zero-order valence-electron chi connectivity index (χ0n) is 9.76. The molecule has 2 unspecified atom stereocenters. The number of carboxylic acid groups (broad SMARTS) is 1. The van der Waals surface area contributed by atoms with Crippen LogP contribution in [0.25, 0.3) is 0 Å². The highest BCUT2D eigenvalue weighted by atomic mass is 32.1. The van der Waals surface area contributed by atoms with Crippen molar-refractivity contribution in [1.82, 2.24) is 5.32 Å². The standard InChI is InChI=1S/C10H21N3O3S/c11-5-2-1-3-7(12)9(14)13-8(4-6-17)10(15)16/h7-8,17H,1-6,11-12H2,(H,13,14)(H,15,16). The van der Waals surface area contributed by atoms with Crippen molar-refractivity contribution in [2.45, 2.75) is 37.8 Å². The Balaban J connectivity index is 4.06. The van der Waals surface area contributed by atoms with Crippen LogP contribution in [0, 0.1) is 0 Å². The topological polar surface area (TPSA) is 118 Å². The molecule has 1 amide bonds. The maximum absolute atomic E-state index is 11.6. The van der Waals surface area contributed by atoms with Crippen LogP contribution < -0.4 is 16.8 Å². The number of unbranched alkanes of at least 4 members (excludes halogenated alkanes) is 1. The van der Waals surface area contributed by atoms with Crippen molar-refractivity contribution >= 4 is 24.5 Å². The second-order valence-corrected chi connectivity index (χ2v) is 4.25. The Hall–Kier alpha value is -0.790. The number of nitrogens with two attached hydrogens (primary N) is 2. The van der Waals surface area contributed by atoms with Crippen molar-refractivity contribution < 1.29 is 14.7 Å². The first kappa shape index (κ1) is 16.2. The minimum Gasteiger partial charge on any atom is -0.480 e. The van der Waals surface area contributed by atoms with Gasteiger partial charge in [0.2, 0.25) is 5.91 Å². The molecule has 0 aromatic rings. The fourth-order valence-corrected chi connectivity index (χ4v) is 1.56. The van der Waals surface area contributed by atoms with Gasteiger partial charge < -0.3 is 21.9 Å². The number of aliphatic carboxylic acids is 1. The molecule has 100 valence electrons. The van der Waals surface area contributed by atoms with Crippen LogP contribution in [0.2, 0.25) is 0 Å². The van der Waals surface area contributed by atoms with Crippen LogP contribution in [0.3, 0.4) is 0 Å². The summed E-state index contributed by atoms with van der Waals surface area (Å²) < 4.78 is 0. The predicted octanol–water partition coefficient (Wildman–Crippen LogP) is -0.668. The van der Waals surface area contributed by atoms with E-state index in [9.17, 15) is 9.59 Å². The molecule has 0 saturated carbocycles. The summed E-state index contributed by atoms with van der Waals surface area (Å²) in [5, 5.41) is 11.2. The number of carbonyl (C=O) groups excluding carboxylic acids is 1. The molecule has 6 N–H and O–H groups in total. The van der Waals surface area contributed by atoms with Crippen molar-refractivity contribution in [2.24, 2.45) is 11.5 Å². The molecule has 0 radical (unpaired) electrons. The van der Waals surface area contributed by atoms with Gasteiger partial charge in [0.05, 0.1) is 6.04 Å². The van der Waals surface area contributed by atoms with Gasteiger partial charge in [-0.25, -0.2) is 4.79 Å². The van der Waals surface area contributed by atoms with E-state index in [1.54, 1.807) is 0 Å². The summed E-state index contributed by atoms with van der Waals surface area (Å²) in [7, 11) is 0. The lowest BCUT2D eigenvalue weighted by Gasteiger charge is -2.17. The highest BCUT2D eigenvalue weighted by Crippen LogP contribution is 2.00. The lowest BCUT2D eigenvalue weighted by atomic mass is 10.1. The van der Waals surface area contributed by atoms with E-state index in [-0.39, 0.29) is 6.42 Å². The molecule has 0 saturated heterocycles. The third-order valence-corrected chi connectivity index (χ3v) is 2.60. The number of hydrogen-bond donors (Lipinski definition) is 5. The van der Waals surface area contributed by atoms with Crippen molar-refractivity contribution in [3.63, 3.8) is 0 Å². The van der Waals surface area contributed by atoms with Gasteiger partial charge in [0.1, 0.15) is 6.04 Å². The van der Waals surface area contributed by atoms with Crippen LogP contribution in [0.5, 0.6) is 0 Å². The first-order valence-electron chi connectivity index (χ1n) is 5.62. The molecular formula is C10H21N3O3S. The average molecular weight is 263 g/mol. The number of carboxylic acids is 1. The van der Waals surface area contributed by atoms with E-state index in [1.165, 1.54) is 0 Å². The Morgan fingerprint density at radius 2 is 1.94 bits per heavy atom. The molecule has 0 fully saturated rings. The SMILES string of the molecule is NCCCCC(N)C(=O)NC(CCS)C(=O)O. The smallest absolute Gasteiger partial charge is 0.326 e. The van der Waals surface area contributed by atoms with Crippen LogP contribution in [0.4, 0.5) is 0 Å². The third-order valence-electron chi connectivity index (χ3n) is 2.34. The average Bonchev–Trinajstić information content (AvgIpc) is 2.28. The van der Waals surface area contributed by atoms with E-state index >= 15 is 0 Å². The molecule has 7 heteroatoms. The largest absolute Gasteiger partial charge is 0.480 e. The quantitative estimate of drug-likeness (QED) is 0.279. The second-order valence-electron chi connectivity index (χ2n) is 3.80. The normalized spacial score (nSPS) is 14.1. The minimum atomic E-state index is -1.07. The molecule has 0 spiro atoms. The van der Waals surface area contributed by atoms with Crippen LogP contribution in [-0.4, -0.2) is 41.4 Å². The van der Waals surface area contributed by atoms with Crippen LogP contribution in [0.1, 0.15) is 25.7 Å². The van der Waals surface area contributed by atoms with E-state index in [0.29, 0.717) is 18.7 Å². The van der Waals surface area contributed by atoms with E-state index in [0.717, 1.165) is 12.8 Å². The number of rotatable bonds is 9. The number of nitrogens with one attached hydrogen (secondary N) is 1. The fraction of sp³-hybridized carbons (Fsp3) is 0.800. The Bertz CT molecular complexity index is 251. The zero-order chi connectivity index (χ0) is 13.3. The van der Waals surface area contributed by atoms with Gasteiger partial charge in [-0.1, -0.05) is 6.42 Å². The number of amides is 1. The second kappa shape index (κ2) is 9.26. The van der Waals surface area contributed by atoms with Gasteiger partial charge in [0, 0.05) is 0 Å². The summed E-state index contributed by atoms with van der Waals surface area (Å²) >= 11 is 3.94. The monoisotopic (exact) mass is 263 g/mol. The number of carbonyl (C=O) groups is 2. The van der Waals surface area contributed by atoms with E-state index in [2.05, 4.69) is 17.9 Å². The van der Waals surface area contributed by atoms with Crippen LogP contribution in [-0.2, 0) is 9.59 Å². The molecule has 0 aromatic heterocycles. The van der Waals surface area contributed by atoms with Crippen molar-refractivity contribution in [3.8, 4) is 0 Å². The molecule has 0 aliphatic heterocycles. The lowest BCUT2D eigenvalue weighted by molar-refractivity contribution is -0.142. The molecule has 0 heterocycles. The fourth-order valence-electron chi connectivity index (χ4n) is 1.30. The van der Waals surface area contributed by atoms with Crippen LogP contribution >= 0.6 is 12.6 Å². The minimum absolute atomic E-state index is 0.277. The number of thiol groups is 1. The molecule has 6 nitrogen and oxygen atoms in total. The van der Waals surface area contributed by atoms with E-state index in [4.69, 9.17) is 16.6 Å². The molecule has 2 atom stereocenters. The van der Waals surface area contributed by atoms with Gasteiger partial charge >= 0.3 is 5.97 Å². The Morgan fingerprint density at radius 3 is 2.41 bits per heavy atom. The molecule has 0 aliphatic carbocycles. The van der Waals surface area contributed by atoms with Crippen molar-refractivity contribution in [2.75, 3.05) is 12.3 Å². The Labute approximate surface area is 107 Å². The maximum atomic E-state index is 11.6. The summed E-state index contributed by atoms with van der Waals surface area (Å²) in [6.07, 6.45) is 2.35. The number of hydrogen-bond acceptors (Lipinski definition) is 5. The van der Waals surface area contributed by atoms with E-state index in [1.807, 2.05) is 0 Å². The zero-order valence-corrected chi connectivity index (χ0v) is 10.7. The molecule has 17 heavy (non-hydrogen) atoms. The molecule has 0 aromatic carbocycles. The van der Waals surface area contributed by atoms with E-state index < -0.39 is 24.0 Å². The van der Waals surface area contributed by atoms with Crippen LogP contribution in [0.15, 0.2) is 0 Å². The van der Waals surface area contributed by atoms with Crippen molar-refractivity contribution in [3.05, 3.63) is 0 Å². The summed E-state index contributed by atoms with van der Waals surface area (Å²) in [5.74, 6) is -1.11. The summed E-state index contributed by atoms with van der Waals surface area (Å²) in [5.41, 5.74) is 11.0. The maximum Gasteiger partial charge on any atom is 0.326 e. The first-order chi connectivity index (χ1) is 8.02. The molecule has 0 aliphatic rings. The van der Waals surface area contributed by atoms with Gasteiger partial charge in [-0.05, 0) is 31.6 Å². The van der Waals surface area contributed by atoms with Crippen molar-refractivity contribution in [1.29, 1.82) is 0 Å².